The van der Waals surface area contributed by atoms with Crippen LogP contribution < -0.4 is 0 Å². The summed E-state index contributed by atoms with van der Waals surface area (Å²) in [6, 6.07) is 0. The zero-order valence-corrected chi connectivity index (χ0v) is 12.8. The molecule has 0 radical (unpaired) electrons. The second kappa shape index (κ2) is 6.91. The molecule has 0 heterocycles. The van der Waals surface area contributed by atoms with Gasteiger partial charge in [-0.2, -0.15) is 0 Å². The van der Waals surface area contributed by atoms with Crippen molar-refractivity contribution in [1.82, 2.24) is 0 Å². The smallest absolute Gasteiger partial charge is 0.0939 e. The van der Waals surface area contributed by atoms with Gasteiger partial charge in [-0.3, -0.25) is 0 Å². The molecule has 1 unspecified atom stereocenters. The molecule has 0 aliphatic heterocycles. The van der Waals surface area contributed by atoms with Crippen molar-refractivity contribution in [3.8, 4) is 0 Å². The summed E-state index contributed by atoms with van der Waals surface area (Å²) in [6.45, 7) is 9.47. The molecule has 1 aliphatic carbocycles. The fourth-order valence-corrected chi connectivity index (χ4v) is 3.02. The molecule has 0 aromatic carbocycles. The van der Waals surface area contributed by atoms with Gasteiger partial charge in [0.05, 0.1) is 11.7 Å². The van der Waals surface area contributed by atoms with Gasteiger partial charge in [-0.25, -0.2) is 0 Å². The van der Waals surface area contributed by atoms with E-state index in [1.54, 1.807) is 0 Å². The Morgan fingerprint density at radius 1 is 1.11 bits per heavy atom. The number of rotatable bonds is 5. The van der Waals surface area contributed by atoms with Crippen LogP contribution in [-0.4, -0.2) is 23.4 Å². The van der Waals surface area contributed by atoms with E-state index in [-0.39, 0.29) is 11.7 Å². The van der Waals surface area contributed by atoms with Gasteiger partial charge in [0.2, 0.25) is 0 Å². The van der Waals surface area contributed by atoms with Crippen molar-refractivity contribution in [1.29, 1.82) is 0 Å². The van der Waals surface area contributed by atoms with E-state index in [4.69, 9.17) is 4.74 Å². The van der Waals surface area contributed by atoms with Crippen LogP contribution in [0.15, 0.2) is 0 Å². The van der Waals surface area contributed by atoms with E-state index in [1.165, 1.54) is 25.7 Å². The van der Waals surface area contributed by atoms with E-state index >= 15 is 0 Å². The van der Waals surface area contributed by atoms with Crippen LogP contribution in [0.4, 0.5) is 0 Å². The molecule has 0 aromatic heterocycles. The topological polar surface area (TPSA) is 29.5 Å². The first-order chi connectivity index (χ1) is 8.40. The summed E-state index contributed by atoms with van der Waals surface area (Å²) in [7, 11) is 0. The predicted molar refractivity (Wildman–Crippen MR) is 76.8 cm³/mol. The van der Waals surface area contributed by atoms with Gasteiger partial charge in [0.15, 0.2) is 0 Å². The van der Waals surface area contributed by atoms with Crippen molar-refractivity contribution in [2.75, 3.05) is 6.61 Å². The van der Waals surface area contributed by atoms with Gasteiger partial charge >= 0.3 is 0 Å². The molecule has 1 saturated carbocycles. The van der Waals surface area contributed by atoms with Gasteiger partial charge in [0.25, 0.3) is 0 Å². The third kappa shape index (κ3) is 4.89. The number of aliphatic hydroxyl groups excluding tert-OH is 1. The van der Waals surface area contributed by atoms with Crippen LogP contribution in [-0.2, 0) is 4.74 Å². The van der Waals surface area contributed by atoms with Gasteiger partial charge in [0, 0.05) is 6.61 Å². The molecule has 1 aliphatic rings. The Balaban J connectivity index is 2.63. The largest absolute Gasteiger partial charge is 0.390 e. The second-order valence-corrected chi connectivity index (χ2v) is 7.03. The van der Waals surface area contributed by atoms with E-state index in [9.17, 15) is 5.11 Å². The van der Waals surface area contributed by atoms with Crippen LogP contribution >= 0.6 is 0 Å². The summed E-state index contributed by atoms with van der Waals surface area (Å²) in [5, 5.41) is 10.6. The fourth-order valence-electron chi connectivity index (χ4n) is 3.02. The summed E-state index contributed by atoms with van der Waals surface area (Å²) in [6.07, 6.45) is 8.68. The first kappa shape index (κ1) is 16.0. The number of hydrogen-bond acceptors (Lipinski definition) is 2. The summed E-state index contributed by atoms with van der Waals surface area (Å²) in [5.74, 6) is 0. The molecule has 1 atom stereocenters. The Hall–Kier alpha value is -0.0800. The molecule has 1 rings (SSSR count). The standard InChI is InChI=1S/C16H32O2/c1-5-18-16(11-8-6-7-9-12-16)14(17)10-13-15(2,3)4/h14,17H,5-13H2,1-4H3. The normalized spacial score (nSPS) is 22.5. The molecule has 0 saturated heterocycles. The second-order valence-electron chi connectivity index (χ2n) is 7.03. The van der Waals surface area contributed by atoms with Crippen molar-refractivity contribution in [3.63, 3.8) is 0 Å². The first-order valence-electron chi connectivity index (χ1n) is 7.72. The monoisotopic (exact) mass is 256 g/mol. The van der Waals surface area contributed by atoms with Crippen LogP contribution in [0, 0.1) is 5.41 Å². The molecule has 108 valence electrons. The maximum Gasteiger partial charge on any atom is 0.0939 e. The van der Waals surface area contributed by atoms with Crippen LogP contribution in [0.1, 0.15) is 79.1 Å². The Morgan fingerprint density at radius 3 is 2.11 bits per heavy atom. The average molecular weight is 256 g/mol. The number of ether oxygens (including phenoxy) is 1. The molecule has 1 N–H and O–H groups in total. The van der Waals surface area contributed by atoms with Gasteiger partial charge in [-0.05, 0) is 38.0 Å². The minimum Gasteiger partial charge on any atom is -0.390 e. The van der Waals surface area contributed by atoms with Gasteiger partial charge in [0.1, 0.15) is 0 Å². The molecule has 0 aromatic rings. The molecule has 1 fully saturated rings. The molecule has 18 heavy (non-hydrogen) atoms. The highest BCUT2D eigenvalue weighted by atomic mass is 16.5. The van der Waals surface area contributed by atoms with Crippen molar-refractivity contribution >= 4 is 0 Å². The zero-order valence-electron chi connectivity index (χ0n) is 12.8. The van der Waals surface area contributed by atoms with E-state index in [0.717, 1.165) is 25.7 Å². The van der Waals surface area contributed by atoms with Crippen molar-refractivity contribution in [2.45, 2.75) is 90.8 Å². The molecular weight excluding hydrogens is 224 g/mol. The lowest BCUT2D eigenvalue weighted by Crippen LogP contribution is -2.45. The third-order valence-corrected chi connectivity index (χ3v) is 4.16. The van der Waals surface area contributed by atoms with Crippen molar-refractivity contribution in [3.05, 3.63) is 0 Å². The number of aliphatic hydroxyl groups is 1. The molecule has 2 heteroatoms. The highest BCUT2D eigenvalue weighted by Gasteiger charge is 2.38. The average Bonchev–Trinajstić information content (AvgIpc) is 2.52. The summed E-state index contributed by atoms with van der Waals surface area (Å²) in [5.41, 5.74) is 0.0373. The van der Waals surface area contributed by atoms with E-state index < -0.39 is 0 Å². The van der Waals surface area contributed by atoms with Crippen molar-refractivity contribution < 1.29 is 9.84 Å². The SMILES string of the molecule is CCOC1(C(O)CCC(C)(C)C)CCCCCC1. The fraction of sp³-hybridized carbons (Fsp3) is 1.00. The Bertz CT molecular complexity index is 222. The minimum atomic E-state index is -0.297. The maximum atomic E-state index is 10.6. The molecular formula is C16H32O2. The minimum absolute atomic E-state index is 0.253. The maximum absolute atomic E-state index is 10.6. The summed E-state index contributed by atoms with van der Waals surface area (Å²) >= 11 is 0. The molecule has 0 spiro atoms. The highest BCUT2D eigenvalue weighted by molar-refractivity contribution is 4.90. The van der Waals surface area contributed by atoms with Crippen LogP contribution in [0.3, 0.4) is 0 Å². The lowest BCUT2D eigenvalue weighted by molar-refractivity contribution is -0.133. The summed E-state index contributed by atoms with van der Waals surface area (Å²) in [4.78, 5) is 0. The number of hydrogen-bond donors (Lipinski definition) is 1. The third-order valence-electron chi connectivity index (χ3n) is 4.16. The lowest BCUT2D eigenvalue weighted by atomic mass is 9.81. The van der Waals surface area contributed by atoms with E-state index in [1.807, 2.05) is 6.92 Å². The Morgan fingerprint density at radius 2 is 1.67 bits per heavy atom. The quantitative estimate of drug-likeness (QED) is 0.743. The Kier molecular flexibility index (Phi) is 6.13. The van der Waals surface area contributed by atoms with Crippen LogP contribution in [0.25, 0.3) is 0 Å². The van der Waals surface area contributed by atoms with Crippen LogP contribution in [0.2, 0.25) is 0 Å². The summed E-state index contributed by atoms with van der Waals surface area (Å²) < 4.78 is 6.03. The zero-order chi connectivity index (χ0) is 13.6. The van der Waals surface area contributed by atoms with Gasteiger partial charge in [-0.15, -0.1) is 0 Å². The molecule has 0 bridgehead atoms. The van der Waals surface area contributed by atoms with E-state index in [0.29, 0.717) is 12.0 Å². The van der Waals surface area contributed by atoms with E-state index in [2.05, 4.69) is 20.8 Å². The highest BCUT2D eigenvalue weighted by Crippen LogP contribution is 2.36. The Labute approximate surface area is 113 Å². The lowest BCUT2D eigenvalue weighted by Gasteiger charge is -2.38. The molecule has 0 amide bonds. The predicted octanol–water partition coefficient (Wildman–Crippen LogP) is 4.30. The van der Waals surface area contributed by atoms with Gasteiger partial charge in [-0.1, -0.05) is 46.5 Å². The van der Waals surface area contributed by atoms with Gasteiger partial charge < -0.3 is 9.84 Å². The van der Waals surface area contributed by atoms with Crippen LogP contribution in [0.5, 0.6) is 0 Å². The van der Waals surface area contributed by atoms with Crippen molar-refractivity contribution in [2.24, 2.45) is 5.41 Å². The molecule has 2 nitrogen and oxygen atoms in total. The first-order valence-corrected chi connectivity index (χ1v) is 7.72.